The molecule has 0 amide bonds. The van der Waals surface area contributed by atoms with Crippen molar-refractivity contribution in [2.75, 3.05) is 45.8 Å². The summed E-state index contributed by atoms with van der Waals surface area (Å²) in [4.78, 5) is 2.94. The molecular weight excluding hydrogens is 614 g/mol. The third kappa shape index (κ3) is 9.63. The van der Waals surface area contributed by atoms with E-state index < -0.39 is 20.0 Å². The Labute approximate surface area is 273 Å². The van der Waals surface area contributed by atoms with Crippen LogP contribution in [0.25, 0.3) is 0 Å². The molecule has 0 spiro atoms. The van der Waals surface area contributed by atoms with Crippen LogP contribution in [0.1, 0.15) is 76.8 Å². The number of benzene rings is 2. The molecule has 0 atom stereocenters. The van der Waals surface area contributed by atoms with Gasteiger partial charge in [-0.2, -0.15) is 8.61 Å². The Bertz CT molecular complexity index is 1430. The molecule has 4 rings (SSSR count). The molecule has 0 radical (unpaired) electrons. The second-order valence-corrected chi connectivity index (χ2v) is 17.4. The summed E-state index contributed by atoms with van der Waals surface area (Å²) < 4.78 is 58.6. The van der Waals surface area contributed by atoms with Gasteiger partial charge in [0, 0.05) is 32.7 Å². The van der Waals surface area contributed by atoms with Crippen LogP contribution in [0.5, 0.6) is 0 Å². The van der Waals surface area contributed by atoms with Crippen molar-refractivity contribution in [2.45, 2.75) is 87.8 Å². The summed E-state index contributed by atoms with van der Waals surface area (Å²) in [7, 11) is -7.60. The minimum Gasteiger partial charge on any atom is -0.303 e. The van der Waals surface area contributed by atoms with Crippen LogP contribution in [0.4, 0.5) is 0 Å². The second-order valence-electron chi connectivity index (χ2n) is 13.5. The third-order valence-electron chi connectivity index (χ3n) is 8.82. The molecule has 10 heteroatoms. The number of aryl methyl sites for hydroxylation is 1. The molecule has 2 fully saturated rings. The molecule has 1 saturated carbocycles. The number of hydrogen-bond donors (Lipinski definition) is 0. The molecule has 0 unspecified atom stereocenters. The number of nitrogens with zero attached hydrogens (tertiary/aromatic N) is 3. The molecule has 2 aromatic rings. The molecular formula is C34H52ClN3O4S2. The van der Waals surface area contributed by atoms with E-state index in [9.17, 15) is 16.8 Å². The normalized spacial score (nSPS) is 20.0. The van der Waals surface area contributed by atoms with E-state index in [0.29, 0.717) is 37.4 Å². The van der Waals surface area contributed by atoms with Gasteiger partial charge in [-0.25, -0.2) is 16.8 Å². The minimum atomic E-state index is -3.81. The average molecular weight is 666 g/mol. The highest BCUT2D eigenvalue weighted by Crippen LogP contribution is 2.27. The Kier molecular flexibility index (Phi) is 13.1. The SMILES string of the molecule is C=C1CN(S(=O)(=O)c2ccc(C)cc2)CCCN(CC2CCCCC2)CCCN(S(=O)(=O)c2ccc(C(C)(C)C)cc2)C1.Cl. The van der Waals surface area contributed by atoms with Crippen LogP contribution in [-0.4, -0.2) is 76.2 Å². The van der Waals surface area contributed by atoms with E-state index >= 15 is 0 Å². The molecule has 2 aliphatic rings. The number of rotatable bonds is 6. The van der Waals surface area contributed by atoms with Gasteiger partial charge in [-0.05, 0) is 92.4 Å². The fourth-order valence-corrected chi connectivity index (χ4v) is 9.22. The van der Waals surface area contributed by atoms with Crippen LogP contribution in [0.2, 0.25) is 0 Å². The summed E-state index contributed by atoms with van der Waals surface area (Å²) in [6, 6.07) is 14.1. The van der Waals surface area contributed by atoms with Gasteiger partial charge < -0.3 is 4.90 Å². The van der Waals surface area contributed by atoms with Crippen LogP contribution >= 0.6 is 12.4 Å². The van der Waals surface area contributed by atoms with Gasteiger partial charge in [0.1, 0.15) is 0 Å². The van der Waals surface area contributed by atoms with Gasteiger partial charge in [0.15, 0.2) is 0 Å². The van der Waals surface area contributed by atoms with Crippen molar-refractivity contribution in [2.24, 2.45) is 5.92 Å². The maximum absolute atomic E-state index is 14.0. The summed E-state index contributed by atoms with van der Waals surface area (Å²) in [5, 5.41) is 0. The Morgan fingerprint density at radius 1 is 0.705 bits per heavy atom. The molecule has 44 heavy (non-hydrogen) atoms. The van der Waals surface area contributed by atoms with Crippen molar-refractivity contribution in [3.63, 3.8) is 0 Å². The van der Waals surface area contributed by atoms with Crippen LogP contribution in [0.3, 0.4) is 0 Å². The van der Waals surface area contributed by atoms with E-state index in [1.54, 1.807) is 24.3 Å². The summed E-state index contributed by atoms with van der Waals surface area (Å²) in [5.41, 5.74) is 2.54. The molecule has 1 aliphatic heterocycles. The lowest BCUT2D eigenvalue weighted by Gasteiger charge is -2.33. The Morgan fingerprint density at radius 3 is 1.61 bits per heavy atom. The first-order valence-corrected chi connectivity index (χ1v) is 18.7. The van der Waals surface area contributed by atoms with Gasteiger partial charge in [0.25, 0.3) is 0 Å². The summed E-state index contributed by atoms with van der Waals surface area (Å²) in [6.07, 6.45) is 7.73. The maximum atomic E-state index is 14.0. The highest BCUT2D eigenvalue weighted by atomic mass is 35.5. The zero-order valence-electron chi connectivity index (χ0n) is 27.0. The van der Waals surface area contributed by atoms with Crippen LogP contribution < -0.4 is 0 Å². The van der Waals surface area contributed by atoms with Crippen molar-refractivity contribution in [1.29, 1.82) is 0 Å². The lowest BCUT2D eigenvalue weighted by atomic mass is 9.87. The fraction of sp³-hybridized carbons (Fsp3) is 0.588. The maximum Gasteiger partial charge on any atom is 0.243 e. The van der Waals surface area contributed by atoms with Crippen LogP contribution in [0.15, 0.2) is 70.5 Å². The predicted octanol–water partition coefficient (Wildman–Crippen LogP) is 6.63. The largest absolute Gasteiger partial charge is 0.303 e. The first-order valence-electron chi connectivity index (χ1n) is 15.8. The fourth-order valence-electron chi connectivity index (χ4n) is 6.22. The lowest BCUT2D eigenvalue weighted by Crippen LogP contribution is -2.42. The van der Waals surface area contributed by atoms with Gasteiger partial charge in [-0.3, -0.25) is 0 Å². The third-order valence-corrected chi connectivity index (χ3v) is 12.5. The monoisotopic (exact) mass is 665 g/mol. The summed E-state index contributed by atoms with van der Waals surface area (Å²) >= 11 is 0. The molecule has 2 aromatic carbocycles. The standard InChI is InChI=1S/C34H51N3O4S2.ClH/c1-28-13-17-32(18-14-28)42(38,39)36-23-9-21-35(27-30-11-7-6-8-12-30)22-10-24-37(26-29(2)25-36)43(40,41)33-19-15-31(16-20-33)34(3,4)5;/h13-20,30H,2,6-12,21-27H2,1,3-5H3;1H. The summed E-state index contributed by atoms with van der Waals surface area (Å²) in [5.74, 6) is 0.648. The van der Waals surface area contributed by atoms with Gasteiger partial charge >= 0.3 is 0 Å². The highest BCUT2D eigenvalue weighted by molar-refractivity contribution is 7.89. The first kappa shape index (κ1) is 36.7. The topological polar surface area (TPSA) is 78.0 Å². The molecule has 0 aromatic heterocycles. The molecule has 7 nitrogen and oxygen atoms in total. The second kappa shape index (κ2) is 15.7. The zero-order valence-corrected chi connectivity index (χ0v) is 29.5. The van der Waals surface area contributed by atoms with Crippen molar-refractivity contribution in [1.82, 2.24) is 13.5 Å². The predicted molar refractivity (Wildman–Crippen MR) is 182 cm³/mol. The van der Waals surface area contributed by atoms with Gasteiger partial charge in [-0.15, -0.1) is 12.4 Å². The molecule has 1 heterocycles. The zero-order chi connectivity index (χ0) is 31.3. The smallest absolute Gasteiger partial charge is 0.243 e. The molecule has 0 N–H and O–H groups in total. The van der Waals surface area contributed by atoms with E-state index in [-0.39, 0.29) is 40.7 Å². The van der Waals surface area contributed by atoms with Gasteiger partial charge in [-0.1, -0.05) is 76.4 Å². The van der Waals surface area contributed by atoms with E-state index in [1.807, 2.05) is 31.2 Å². The van der Waals surface area contributed by atoms with Gasteiger partial charge in [0.2, 0.25) is 20.0 Å². The highest BCUT2D eigenvalue weighted by Gasteiger charge is 2.30. The average Bonchev–Trinajstić information content (AvgIpc) is 2.95. The van der Waals surface area contributed by atoms with Crippen molar-refractivity contribution >= 4 is 32.5 Å². The number of halogens is 1. The quantitative estimate of drug-likeness (QED) is 0.324. The van der Waals surface area contributed by atoms with E-state index in [2.05, 4.69) is 32.3 Å². The van der Waals surface area contributed by atoms with Crippen LogP contribution in [-0.2, 0) is 25.5 Å². The summed E-state index contributed by atoms with van der Waals surface area (Å²) in [6.45, 7) is 15.8. The van der Waals surface area contributed by atoms with Crippen LogP contribution in [0, 0.1) is 12.8 Å². The Balaban J connectivity index is 0.00000529. The van der Waals surface area contributed by atoms with Crippen molar-refractivity contribution in [3.8, 4) is 0 Å². The van der Waals surface area contributed by atoms with Crippen molar-refractivity contribution in [3.05, 3.63) is 71.8 Å². The number of sulfonamides is 2. The molecule has 1 saturated heterocycles. The lowest BCUT2D eigenvalue weighted by molar-refractivity contribution is 0.188. The Morgan fingerprint density at radius 2 is 1.16 bits per heavy atom. The molecule has 1 aliphatic carbocycles. The first-order chi connectivity index (χ1) is 20.3. The minimum absolute atomic E-state index is 0. The van der Waals surface area contributed by atoms with E-state index in [0.717, 1.165) is 30.8 Å². The van der Waals surface area contributed by atoms with Gasteiger partial charge in [0.05, 0.1) is 9.79 Å². The van der Waals surface area contributed by atoms with Crippen molar-refractivity contribution < 1.29 is 16.8 Å². The Hall–Kier alpha value is -1.75. The molecule has 0 bridgehead atoms. The van der Waals surface area contributed by atoms with E-state index in [1.165, 1.54) is 40.7 Å². The van der Waals surface area contributed by atoms with E-state index in [4.69, 9.17) is 0 Å². The molecule has 246 valence electrons. The number of hydrogen-bond acceptors (Lipinski definition) is 5.